The van der Waals surface area contributed by atoms with Crippen molar-refractivity contribution in [2.45, 2.75) is 13.0 Å². The Morgan fingerprint density at radius 3 is 3.27 bits per heavy atom. The third kappa shape index (κ3) is 0.991. The molecule has 1 aromatic heterocycles. The van der Waals surface area contributed by atoms with Gasteiger partial charge in [0.2, 0.25) is 0 Å². The van der Waals surface area contributed by atoms with Gasteiger partial charge in [0, 0.05) is 13.1 Å². The van der Waals surface area contributed by atoms with E-state index in [2.05, 4.69) is 14.6 Å². The summed E-state index contributed by atoms with van der Waals surface area (Å²) in [5, 5.41) is 2.63. The predicted octanol–water partition coefficient (Wildman–Crippen LogP) is -0.0442. The fourth-order valence-electron chi connectivity index (χ4n) is 1.39. The number of H-pyrrole nitrogens is 1. The highest BCUT2D eigenvalue weighted by Gasteiger charge is 2.18. The Morgan fingerprint density at radius 1 is 1.64 bits per heavy atom. The number of fused-ring (bicyclic) bond motifs is 1. The van der Waals surface area contributed by atoms with Crippen LogP contribution in [0.4, 0.5) is 0 Å². The van der Waals surface area contributed by atoms with Gasteiger partial charge < -0.3 is 9.42 Å². The van der Waals surface area contributed by atoms with Crippen LogP contribution in [0.3, 0.4) is 0 Å². The van der Waals surface area contributed by atoms with Gasteiger partial charge >= 0.3 is 5.63 Å². The Hall–Kier alpha value is -1.03. The summed E-state index contributed by atoms with van der Waals surface area (Å²) in [6.45, 7) is 1.73. The molecule has 2 rings (SSSR count). The molecule has 0 saturated heterocycles. The molecular weight excluding hydrogens is 144 g/mol. The van der Waals surface area contributed by atoms with Gasteiger partial charge in [-0.1, -0.05) is 0 Å². The first kappa shape index (κ1) is 6.67. The third-order valence-electron chi connectivity index (χ3n) is 2.05. The smallest absolute Gasteiger partial charge is 0.339 e. The number of likely N-dealkylation sites (N-methyl/N-ethyl adjacent to an activating group) is 1. The molecule has 11 heavy (non-hydrogen) atoms. The van der Waals surface area contributed by atoms with Gasteiger partial charge in [0.1, 0.15) is 0 Å². The summed E-state index contributed by atoms with van der Waals surface area (Å²) in [7, 11) is 2.02. The second-order valence-electron chi connectivity index (χ2n) is 2.94. The van der Waals surface area contributed by atoms with Crippen molar-refractivity contribution >= 4 is 0 Å². The second kappa shape index (κ2) is 2.23. The molecule has 2 heterocycles. The first-order valence-electron chi connectivity index (χ1n) is 3.65. The molecule has 1 aromatic rings. The van der Waals surface area contributed by atoms with Crippen LogP contribution in [0.2, 0.25) is 0 Å². The minimum absolute atomic E-state index is 0.201. The summed E-state index contributed by atoms with van der Waals surface area (Å²) < 4.78 is 4.66. The standard InChI is InChI=1S/C7H10N2O2/c1-9-3-2-5-6(4-9)8-11-7(5)10/h8H,2-4H2,1H3. The zero-order valence-electron chi connectivity index (χ0n) is 6.39. The average Bonchev–Trinajstić information content (AvgIpc) is 2.32. The molecule has 0 radical (unpaired) electrons. The first-order valence-corrected chi connectivity index (χ1v) is 3.65. The largest absolute Gasteiger partial charge is 0.360 e. The van der Waals surface area contributed by atoms with Crippen molar-refractivity contribution < 1.29 is 4.52 Å². The normalized spacial score (nSPS) is 18.3. The number of hydrogen-bond donors (Lipinski definition) is 1. The molecule has 0 atom stereocenters. The Bertz CT molecular complexity index is 312. The number of nitrogens with one attached hydrogen (secondary N) is 1. The van der Waals surface area contributed by atoms with E-state index in [0.717, 1.165) is 30.8 Å². The van der Waals surface area contributed by atoms with Gasteiger partial charge in [0.05, 0.1) is 11.3 Å². The zero-order chi connectivity index (χ0) is 7.84. The Morgan fingerprint density at radius 2 is 2.45 bits per heavy atom. The fraction of sp³-hybridized carbons (Fsp3) is 0.571. The third-order valence-corrected chi connectivity index (χ3v) is 2.05. The second-order valence-corrected chi connectivity index (χ2v) is 2.94. The maximum atomic E-state index is 11.0. The molecule has 4 heteroatoms. The number of aromatic amines is 1. The van der Waals surface area contributed by atoms with Gasteiger partial charge in [0.25, 0.3) is 0 Å². The molecule has 1 aliphatic rings. The maximum absolute atomic E-state index is 11.0. The van der Waals surface area contributed by atoms with Crippen molar-refractivity contribution in [3.05, 3.63) is 21.7 Å². The number of rotatable bonds is 0. The highest BCUT2D eigenvalue weighted by atomic mass is 16.5. The first-order chi connectivity index (χ1) is 5.27. The van der Waals surface area contributed by atoms with Gasteiger partial charge in [-0.2, -0.15) is 0 Å². The quantitative estimate of drug-likeness (QED) is 0.570. The van der Waals surface area contributed by atoms with Gasteiger partial charge in [0.15, 0.2) is 0 Å². The summed E-state index contributed by atoms with van der Waals surface area (Å²) in [6, 6.07) is 0. The Balaban J connectivity index is 2.44. The van der Waals surface area contributed by atoms with E-state index in [4.69, 9.17) is 0 Å². The molecule has 0 unspecified atom stereocenters. The van der Waals surface area contributed by atoms with Gasteiger partial charge in [-0.15, -0.1) is 0 Å². The highest BCUT2D eigenvalue weighted by Crippen LogP contribution is 2.11. The molecule has 4 nitrogen and oxygen atoms in total. The van der Waals surface area contributed by atoms with E-state index in [1.54, 1.807) is 0 Å². The van der Waals surface area contributed by atoms with Crippen LogP contribution in [0.25, 0.3) is 0 Å². The summed E-state index contributed by atoms with van der Waals surface area (Å²) >= 11 is 0. The van der Waals surface area contributed by atoms with Crippen LogP contribution < -0.4 is 5.63 Å². The van der Waals surface area contributed by atoms with Gasteiger partial charge in [-0.05, 0) is 13.5 Å². The molecule has 0 bridgehead atoms. The minimum atomic E-state index is -0.201. The minimum Gasteiger partial charge on any atom is -0.339 e. The number of hydrogen-bond acceptors (Lipinski definition) is 3. The molecule has 1 N–H and O–H groups in total. The molecule has 0 aromatic carbocycles. The predicted molar refractivity (Wildman–Crippen MR) is 39.4 cm³/mol. The van der Waals surface area contributed by atoms with Crippen molar-refractivity contribution in [2.24, 2.45) is 0 Å². The molecule has 0 fully saturated rings. The SMILES string of the molecule is CN1CCc2c([nH]oc2=O)C1. The van der Waals surface area contributed by atoms with E-state index in [1.807, 2.05) is 7.05 Å². The van der Waals surface area contributed by atoms with Crippen LogP contribution in [0.15, 0.2) is 9.32 Å². The fourth-order valence-corrected chi connectivity index (χ4v) is 1.39. The van der Waals surface area contributed by atoms with E-state index in [0.29, 0.717) is 0 Å². The molecule has 0 spiro atoms. The molecule has 0 aliphatic carbocycles. The van der Waals surface area contributed by atoms with E-state index < -0.39 is 0 Å². The topological polar surface area (TPSA) is 49.2 Å². The van der Waals surface area contributed by atoms with Crippen LogP contribution in [0.5, 0.6) is 0 Å². The van der Waals surface area contributed by atoms with Crippen LogP contribution in [0, 0.1) is 0 Å². The molecular formula is C7H10N2O2. The lowest BCUT2D eigenvalue weighted by atomic mass is 10.1. The van der Waals surface area contributed by atoms with Gasteiger partial charge in [-0.3, -0.25) is 0 Å². The zero-order valence-corrected chi connectivity index (χ0v) is 6.39. The van der Waals surface area contributed by atoms with Crippen molar-refractivity contribution in [3.63, 3.8) is 0 Å². The van der Waals surface area contributed by atoms with Crippen molar-refractivity contribution in [3.8, 4) is 0 Å². The van der Waals surface area contributed by atoms with Crippen LogP contribution in [-0.4, -0.2) is 23.6 Å². The van der Waals surface area contributed by atoms with Crippen molar-refractivity contribution in [2.75, 3.05) is 13.6 Å². The van der Waals surface area contributed by atoms with Crippen LogP contribution in [0.1, 0.15) is 11.3 Å². The van der Waals surface area contributed by atoms with Gasteiger partial charge in [-0.25, -0.2) is 9.95 Å². The molecule has 0 saturated carbocycles. The lowest BCUT2D eigenvalue weighted by Crippen LogP contribution is -2.28. The van der Waals surface area contributed by atoms with E-state index in [9.17, 15) is 4.79 Å². The number of nitrogens with zero attached hydrogens (tertiary/aromatic N) is 1. The summed E-state index contributed by atoms with van der Waals surface area (Å²) in [6.07, 6.45) is 0.803. The summed E-state index contributed by atoms with van der Waals surface area (Å²) in [5.74, 6) is 0. The van der Waals surface area contributed by atoms with Crippen molar-refractivity contribution in [1.82, 2.24) is 10.1 Å². The van der Waals surface area contributed by atoms with Crippen LogP contribution in [-0.2, 0) is 13.0 Å². The monoisotopic (exact) mass is 154 g/mol. The van der Waals surface area contributed by atoms with E-state index >= 15 is 0 Å². The average molecular weight is 154 g/mol. The maximum Gasteiger partial charge on any atom is 0.360 e. The van der Waals surface area contributed by atoms with E-state index in [-0.39, 0.29) is 5.63 Å². The van der Waals surface area contributed by atoms with E-state index in [1.165, 1.54) is 0 Å². The number of aromatic nitrogens is 1. The lowest BCUT2D eigenvalue weighted by Gasteiger charge is -2.19. The lowest BCUT2D eigenvalue weighted by molar-refractivity contribution is 0.301. The molecule has 1 aliphatic heterocycles. The Labute approximate surface area is 63.8 Å². The van der Waals surface area contributed by atoms with Crippen LogP contribution >= 0.6 is 0 Å². The highest BCUT2D eigenvalue weighted by molar-refractivity contribution is 5.17. The molecule has 0 amide bonds. The Kier molecular flexibility index (Phi) is 1.35. The molecule has 60 valence electrons. The summed E-state index contributed by atoms with van der Waals surface area (Å²) in [5.41, 5.74) is 1.56. The summed E-state index contributed by atoms with van der Waals surface area (Å²) in [4.78, 5) is 13.1. The van der Waals surface area contributed by atoms with Crippen molar-refractivity contribution in [1.29, 1.82) is 0 Å².